The van der Waals surface area contributed by atoms with E-state index in [-0.39, 0.29) is 30.5 Å². The van der Waals surface area contributed by atoms with Crippen molar-refractivity contribution in [3.05, 3.63) is 54.1 Å². The van der Waals surface area contributed by atoms with Crippen molar-refractivity contribution in [3.8, 4) is 5.75 Å². The Morgan fingerprint density at radius 1 is 1.05 bits per heavy atom. The van der Waals surface area contributed by atoms with Gasteiger partial charge in [0.05, 0.1) is 39.1 Å². The first kappa shape index (κ1) is 34.1. The topological polar surface area (TPSA) is 74.2 Å². The second-order valence-electron chi connectivity index (χ2n) is 10.8. The number of carbonyl (C=O) groups excluding carboxylic acids is 1. The van der Waals surface area contributed by atoms with Crippen molar-refractivity contribution < 1.29 is 28.5 Å². The maximum Gasteiger partial charge on any atom is 0.302 e. The van der Waals surface area contributed by atoms with Crippen LogP contribution in [-0.2, 0) is 25.3 Å². The van der Waals surface area contributed by atoms with Gasteiger partial charge in [-0.3, -0.25) is 4.79 Å². The van der Waals surface area contributed by atoms with Crippen molar-refractivity contribution in [2.24, 2.45) is 17.8 Å². The third-order valence-corrected chi connectivity index (χ3v) is 12.9. The van der Waals surface area contributed by atoms with Crippen LogP contribution in [-0.4, -0.2) is 51.9 Å². The lowest BCUT2D eigenvalue weighted by Crippen LogP contribution is -2.50. The highest BCUT2D eigenvalue weighted by Crippen LogP contribution is 2.36. The summed E-state index contributed by atoms with van der Waals surface area (Å²) < 4.78 is 23.8. The number of carbonyl (C=O) groups is 1. The van der Waals surface area contributed by atoms with Crippen molar-refractivity contribution in [2.75, 3.05) is 20.3 Å². The predicted molar refractivity (Wildman–Crippen MR) is 158 cm³/mol. The normalized spacial score (nSPS) is 16.4. The average molecular weight is 549 g/mol. The zero-order valence-electron chi connectivity index (χ0n) is 25.2. The monoisotopic (exact) mass is 548 g/mol. The molecular formula is C31H52O6Si. The van der Waals surface area contributed by atoms with E-state index in [4.69, 9.17) is 18.6 Å². The molecule has 38 heavy (non-hydrogen) atoms. The Balaban J connectivity index is 3.23. The molecule has 0 unspecified atom stereocenters. The van der Waals surface area contributed by atoms with Gasteiger partial charge in [-0.2, -0.15) is 0 Å². The van der Waals surface area contributed by atoms with Gasteiger partial charge >= 0.3 is 5.97 Å². The van der Waals surface area contributed by atoms with Gasteiger partial charge in [0.15, 0.2) is 8.32 Å². The van der Waals surface area contributed by atoms with Gasteiger partial charge in [0.25, 0.3) is 0 Å². The van der Waals surface area contributed by atoms with E-state index in [0.29, 0.717) is 18.8 Å². The molecule has 1 aromatic rings. The fraction of sp³-hybridized carbons (Fsp3) is 0.645. The van der Waals surface area contributed by atoms with Crippen LogP contribution in [0.2, 0.25) is 17.6 Å². The Bertz CT molecular complexity index is 862. The molecule has 0 aliphatic carbocycles. The zero-order valence-corrected chi connectivity index (χ0v) is 26.2. The number of rotatable bonds is 18. The van der Waals surface area contributed by atoms with Crippen LogP contribution in [0.15, 0.2) is 48.6 Å². The maximum absolute atomic E-state index is 11.8. The number of hydrogen-bond donors (Lipinski definition) is 1. The highest BCUT2D eigenvalue weighted by Gasteiger charge is 2.42. The third-order valence-electron chi connectivity index (χ3n) is 7.63. The molecule has 0 aliphatic rings. The number of hydrogen-bond acceptors (Lipinski definition) is 6. The molecule has 0 aliphatic heterocycles. The quantitative estimate of drug-likeness (QED) is 0.122. The Morgan fingerprint density at radius 3 is 2.13 bits per heavy atom. The van der Waals surface area contributed by atoms with Crippen molar-refractivity contribution in [1.29, 1.82) is 0 Å². The van der Waals surface area contributed by atoms with Crippen LogP contribution in [0.5, 0.6) is 5.75 Å². The lowest BCUT2D eigenvalue weighted by molar-refractivity contribution is -0.145. The largest absolute Gasteiger partial charge is 0.497 e. The minimum absolute atomic E-state index is 0.0862. The first-order valence-electron chi connectivity index (χ1n) is 13.9. The van der Waals surface area contributed by atoms with E-state index >= 15 is 0 Å². The predicted octanol–water partition coefficient (Wildman–Crippen LogP) is 6.94. The van der Waals surface area contributed by atoms with Crippen LogP contribution in [0.4, 0.5) is 0 Å². The van der Waals surface area contributed by atoms with Gasteiger partial charge in [0.1, 0.15) is 5.75 Å². The van der Waals surface area contributed by atoms with Crippen LogP contribution >= 0.6 is 0 Å². The molecule has 0 amide bonds. The summed E-state index contributed by atoms with van der Waals surface area (Å²) in [5.74, 6) is -0.0194. The summed E-state index contributed by atoms with van der Waals surface area (Å²) in [4.78, 5) is 11.8. The van der Waals surface area contributed by atoms with Crippen LogP contribution in [0.3, 0.4) is 0 Å². The lowest BCUT2D eigenvalue weighted by atomic mass is 9.85. The minimum Gasteiger partial charge on any atom is -0.497 e. The maximum atomic E-state index is 11.8. The first-order valence-corrected chi connectivity index (χ1v) is 16.3. The van der Waals surface area contributed by atoms with E-state index in [1.54, 1.807) is 13.2 Å². The summed E-state index contributed by atoms with van der Waals surface area (Å²) in [7, 11) is -0.490. The Hall–Kier alpha value is -1.93. The molecule has 1 N–H and O–H groups in total. The number of aliphatic hydroxyl groups is 1. The summed E-state index contributed by atoms with van der Waals surface area (Å²) in [6.07, 6.45) is 2.76. The Kier molecular flexibility index (Phi) is 15.2. The molecule has 7 heteroatoms. The SMILES string of the molecule is C=C[C@@H](C)[C@@H](O)[C@H](COC(C)=O)[C@H](O[Si](CC)(CC)C(C)C)/C(C)=C/[C@@H](C)COCc1ccc(OC)cc1. The molecule has 0 radical (unpaired) electrons. The van der Waals surface area contributed by atoms with Crippen molar-refractivity contribution in [1.82, 2.24) is 0 Å². The van der Waals surface area contributed by atoms with E-state index in [9.17, 15) is 9.90 Å². The van der Waals surface area contributed by atoms with E-state index < -0.39 is 20.3 Å². The molecule has 6 nitrogen and oxygen atoms in total. The molecule has 0 heterocycles. The smallest absolute Gasteiger partial charge is 0.302 e. The fourth-order valence-corrected chi connectivity index (χ4v) is 8.53. The van der Waals surface area contributed by atoms with E-state index in [2.05, 4.69) is 54.2 Å². The van der Waals surface area contributed by atoms with Gasteiger partial charge in [0.2, 0.25) is 0 Å². The molecule has 1 rings (SSSR count). The fourth-order valence-electron chi connectivity index (χ4n) is 4.92. The number of esters is 1. The van der Waals surface area contributed by atoms with E-state index in [0.717, 1.165) is 29.0 Å². The van der Waals surface area contributed by atoms with Gasteiger partial charge in [-0.1, -0.05) is 65.8 Å². The lowest BCUT2D eigenvalue weighted by Gasteiger charge is -2.42. The molecule has 216 valence electrons. The molecule has 0 aromatic heterocycles. The second-order valence-corrected chi connectivity index (χ2v) is 15.7. The van der Waals surface area contributed by atoms with Crippen molar-refractivity contribution in [2.45, 2.75) is 91.8 Å². The summed E-state index contributed by atoms with van der Waals surface area (Å²) in [5, 5.41) is 11.3. The third kappa shape index (κ3) is 10.3. The Labute approximate surface area is 232 Å². The number of methoxy groups -OCH3 is 1. The highest BCUT2D eigenvalue weighted by molar-refractivity contribution is 6.75. The summed E-state index contributed by atoms with van der Waals surface area (Å²) in [6, 6.07) is 9.81. The van der Waals surface area contributed by atoms with Crippen LogP contribution in [0.1, 0.15) is 61.0 Å². The van der Waals surface area contributed by atoms with Crippen LogP contribution in [0.25, 0.3) is 0 Å². The summed E-state index contributed by atoms with van der Waals surface area (Å²) in [5.41, 5.74) is 2.51. The van der Waals surface area contributed by atoms with Crippen LogP contribution < -0.4 is 4.74 Å². The van der Waals surface area contributed by atoms with Crippen molar-refractivity contribution >= 4 is 14.3 Å². The molecule has 0 spiro atoms. The second kappa shape index (κ2) is 16.9. The molecule has 1 aromatic carbocycles. The highest BCUT2D eigenvalue weighted by atomic mass is 28.4. The molecule has 5 atom stereocenters. The summed E-state index contributed by atoms with van der Waals surface area (Å²) >= 11 is 0. The van der Waals surface area contributed by atoms with Gasteiger partial charge in [-0.15, -0.1) is 6.58 Å². The minimum atomic E-state index is -2.14. The summed E-state index contributed by atoms with van der Waals surface area (Å²) in [6.45, 7) is 21.4. The van der Waals surface area contributed by atoms with Gasteiger partial charge in [-0.25, -0.2) is 0 Å². The molecule has 0 saturated carbocycles. The number of aliphatic hydroxyl groups excluding tert-OH is 1. The van der Waals surface area contributed by atoms with Gasteiger partial charge in [0, 0.05) is 18.8 Å². The molecular weight excluding hydrogens is 496 g/mol. The number of ether oxygens (including phenoxy) is 3. The van der Waals surface area contributed by atoms with Crippen LogP contribution in [0, 0.1) is 17.8 Å². The van der Waals surface area contributed by atoms with Crippen molar-refractivity contribution in [3.63, 3.8) is 0 Å². The molecule has 0 bridgehead atoms. The molecule has 0 fully saturated rings. The average Bonchev–Trinajstić information content (AvgIpc) is 2.89. The van der Waals surface area contributed by atoms with Gasteiger partial charge in [-0.05, 0) is 53.7 Å². The van der Waals surface area contributed by atoms with Gasteiger partial charge < -0.3 is 23.7 Å². The Morgan fingerprint density at radius 2 is 1.66 bits per heavy atom. The van der Waals surface area contributed by atoms with E-state index in [1.165, 1.54) is 6.92 Å². The van der Waals surface area contributed by atoms with E-state index in [1.807, 2.05) is 31.2 Å². The standard InChI is InChI=1S/C31H52O6Si/c1-11-24(7)30(33)29(21-36-26(9)32)31(37-38(12-2,13-3)22(4)5)25(8)18-23(6)19-35-20-27-14-16-28(34-10)17-15-27/h11,14-18,22-24,29-31,33H,1,12-13,19-21H2,2-10H3/b25-18+/t23-,24-,29+,30-,31-/m1/s1. The zero-order chi connectivity index (χ0) is 28.9. The number of benzene rings is 1. The first-order chi connectivity index (χ1) is 17.9. The molecule has 0 saturated heterocycles.